The second-order valence-electron chi connectivity index (χ2n) is 3.78. The average Bonchev–Trinajstić information content (AvgIpc) is 2.80. The summed E-state index contributed by atoms with van der Waals surface area (Å²) in [5, 5.41) is 2.56. The maximum absolute atomic E-state index is 12.4. The molecular weight excluding hydrogens is 378 g/mol. The van der Waals surface area contributed by atoms with Crippen LogP contribution in [0.4, 0.5) is 0 Å². The molecule has 18 heavy (non-hydrogen) atoms. The van der Waals surface area contributed by atoms with Crippen molar-refractivity contribution in [3.05, 3.63) is 61.2 Å². The standard InChI is InChI=1S/C13H7Br2NOS/c14-10-7-16(12-6-5-11(15)18-12)13(17)9-4-2-1-3-8(9)10/h1-7H. The highest BCUT2D eigenvalue weighted by Gasteiger charge is 2.09. The van der Waals surface area contributed by atoms with E-state index < -0.39 is 0 Å². The van der Waals surface area contributed by atoms with E-state index >= 15 is 0 Å². The van der Waals surface area contributed by atoms with Crippen LogP contribution in [0.15, 0.2) is 55.6 Å². The van der Waals surface area contributed by atoms with Crippen LogP contribution in [-0.4, -0.2) is 4.57 Å². The van der Waals surface area contributed by atoms with Gasteiger partial charge in [-0.15, -0.1) is 11.3 Å². The van der Waals surface area contributed by atoms with Gasteiger partial charge >= 0.3 is 0 Å². The number of nitrogens with zero attached hydrogens (tertiary/aromatic N) is 1. The number of pyridine rings is 1. The maximum Gasteiger partial charge on any atom is 0.263 e. The molecule has 1 aromatic carbocycles. The molecule has 0 unspecified atom stereocenters. The number of benzene rings is 1. The van der Waals surface area contributed by atoms with E-state index in [9.17, 15) is 4.79 Å². The molecule has 5 heteroatoms. The predicted octanol–water partition coefficient (Wildman–Crippen LogP) is 4.58. The van der Waals surface area contributed by atoms with Crippen LogP contribution in [0.2, 0.25) is 0 Å². The lowest BCUT2D eigenvalue weighted by atomic mass is 10.2. The molecule has 0 spiro atoms. The quantitative estimate of drug-likeness (QED) is 0.602. The fraction of sp³-hybridized carbons (Fsp3) is 0. The SMILES string of the molecule is O=c1c2ccccc2c(Br)cn1-c1ccc(Br)s1. The second-order valence-corrected chi connectivity index (χ2v) is 7.07. The van der Waals surface area contributed by atoms with E-state index in [4.69, 9.17) is 0 Å². The number of hydrogen-bond acceptors (Lipinski definition) is 2. The summed E-state index contributed by atoms with van der Waals surface area (Å²) >= 11 is 8.46. The van der Waals surface area contributed by atoms with Gasteiger partial charge in [-0.25, -0.2) is 0 Å². The molecule has 0 aliphatic heterocycles. The van der Waals surface area contributed by atoms with Crippen molar-refractivity contribution in [1.29, 1.82) is 0 Å². The Bertz CT molecular complexity index is 791. The number of fused-ring (bicyclic) bond motifs is 1. The van der Waals surface area contributed by atoms with E-state index in [0.29, 0.717) is 0 Å². The molecule has 0 saturated heterocycles. The molecule has 0 atom stereocenters. The van der Waals surface area contributed by atoms with Crippen molar-refractivity contribution in [2.45, 2.75) is 0 Å². The molecule has 0 N–H and O–H groups in total. The molecule has 0 radical (unpaired) electrons. The van der Waals surface area contributed by atoms with Crippen molar-refractivity contribution in [3.63, 3.8) is 0 Å². The first-order valence-electron chi connectivity index (χ1n) is 5.22. The van der Waals surface area contributed by atoms with Crippen molar-refractivity contribution < 1.29 is 0 Å². The Morgan fingerprint density at radius 2 is 1.72 bits per heavy atom. The Balaban J connectivity index is 2.38. The summed E-state index contributed by atoms with van der Waals surface area (Å²) < 4.78 is 3.60. The van der Waals surface area contributed by atoms with Gasteiger partial charge in [0.1, 0.15) is 5.00 Å². The van der Waals surface area contributed by atoms with Crippen LogP contribution in [0.25, 0.3) is 15.8 Å². The second kappa shape index (κ2) is 4.64. The minimum Gasteiger partial charge on any atom is -0.273 e. The highest BCUT2D eigenvalue weighted by atomic mass is 79.9. The van der Waals surface area contributed by atoms with E-state index in [0.717, 1.165) is 24.0 Å². The Morgan fingerprint density at radius 1 is 1.00 bits per heavy atom. The third kappa shape index (κ3) is 1.96. The lowest BCUT2D eigenvalue weighted by Gasteiger charge is -2.06. The first-order valence-corrected chi connectivity index (χ1v) is 7.62. The highest BCUT2D eigenvalue weighted by Crippen LogP contribution is 2.27. The summed E-state index contributed by atoms with van der Waals surface area (Å²) in [4.78, 5) is 12.4. The molecular formula is C13H7Br2NOS. The van der Waals surface area contributed by atoms with Crippen molar-refractivity contribution in [1.82, 2.24) is 4.57 Å². The molecule has 2 aromatic heterocycles. The van der Waals surface area contributed by atoms with Gasteiger partial charge < -0.3 is 0 Å². The van der Waals surface area contributed by atoms with Gasteiger partial charge in [-0.2, -0.15) is 0 Å². The zero-order chi connectivity index (χ0) is 12.7. The fourth-order valence-corrected chi connectivity index (χ4v) is 3.73. The van der Waals surface area contributed by atoms with Crippen LogP contribution in [-0.2, 0) is 0 Å². The summed E-state index contributed by atoms with van der Waals surface area (Å²) in [6.07, 6.45) is 1.82. The van der Waals surface area contributed by atoms with Gasteiger partial charge in [0.15, 0.2) is 0 Å². The summed E-state index contributed by atoms with van der Waals surface area (Å²) in [7, 11) is 0. The molecule has 0 aliphatic rings. The average molecular weight is 385 g/mol. The first-order chi connectivity index (χ1) is 8.66. The molecule has 2 nitrogen and oxygen atoms in total. The topological polar surface area (TPSA) is 22.0 Å². The van der Waals surface area contributed by atoms with Gasteiger partial charge in [-0.1, -0.05) is 18.2 Å². The number of rotatable bonds is 1. The van der Waals surface area contributed by atoms with Crippen molar-refractivity contribution in [2.24, 2.45) is 0 Å². The Morgan fingerprint density at radius 3 is 2.39 bits per heavy atom. The molecule has 3 rings (SSSR count). The number of thiophene rings is 1. The van der Waals surface area contributed by atoms with Gasteiger partial charge in [0.25, 0.3) is 5.56 Å². The van der Waals surface area contributed by atoms with Crippen molar-refractivity contribution in [2.75, 3.05) is 0 Å². The van der Waals surface area contributed by atoms with Gasteiger partial charge in [0.2, 0.25) is 0 Å². The smallest absolute Gasteiger partial charge is 0.263 e. The van der Waals surface area contributed by atoms with Crippen LogP contribution in [0, 0.1) is 0 Å². The molecule has 3 aromatic rings. The zero-order valence-electron chi connectivity index (χ0n) is 9.06. The third-order valence-electron chi connectivity index (χ3n) is 2.67. The van der Waals surface area contributed by atoms with Crippen LogP contribution in [0.1, 0.15) is 0 Å². The largest absolute Gasteiger partial charge is 0.273 e. The Hall–Kier alpha value is -0.910. The molecule has 2 heterocycles. The predicted molar refractivity (Wildman–Crippen MR) is 82.8 cm³/mol. The van der Waals surface area contributed by atoms with E-state index in [1.807, 2.05) is 42.6 Å². The minimum atomic E-state index is 0.00292. The van der Waals surface area contributed by atoms with Crippen molar-refractivity contribution >= 4 is 54.0 Å². The first kappa shape index (κ1) is 12.1. The molecule has 0 aliphatic carbocycles. The molecule has 0 amide bonds. The van der Waals surface area contributed by atoms with Gasteiger partial charge in [-0.3, -0.25) is 9.36 Å². The number of hydrogen-bond donors (Lipinski definition) is 0. The van der Waals surface area contributed by atoms with Crippen LogP contribution < -0.4 is 5.56 Å². The van der Waals surface area contributed by atoms with Crippen molar-refractivity contribution in [3.8, 4) is 5.00 Å². The summed E-state index contributed by atoms with van der Waals surface area (Å²) in [5.41, 5.74) is 0.00292. The van der Waals surface area contributed by atoms with Crippen LogP contribution in [0.5, 0.6) is 0 Å². The number of aromatic nitrogens is 1. The van der Waals surface area contributed by atoms with E-state index in [2.05, 4.69) is 31.9 Å². The summed E-state index contributed by atoms with van der Waals surface area (Å²) in [5.74, 6) is 0. The molecule has 0 bridgehead atoms. The summed E-state index contributed by atoms with van der Waals surface area (Å²) in [6, 6.07) is 11.5. The third-order valence-corrected chi connectivity index (χ3v) is 4.93. The lowest BCUT2D eigenvalue weighted by Crippen LogP contribution is -2.17. The Kier molecular flexibility index (Phi) is 3.13. The van der Waals surface area contributed by atoms with Gasteiger partial charge in [0.05, 0.1) is 3.79 Å². The zero-order valence-corrected chi connectivity index (χ0v) is 13.0. The van der Waals surface area contributed by atoms with Gasteiger partial charge in [0, 0.05) is 21.4 Å². The fourth-order valence-electron chi connectivity index (χ4n) is 1.85. The van der Waals surface area contributed by atoms with E-state index in [-0.39, 0.29) is 5.56 Å². The van der Waals surface area contributed by atoms with E-state index in [1.165, 1.54) is 11.3 Å². The lowest BCUT2D eigenvalue weighted by molar-refractivity contribution is 1.03. The monoisotopic (exact) mass is 383 g/mol. The minimum absolute atomic E-state index is 0.00292. The van der Waals surface area contributed by atoms with Gasteiger partial charge in [-0.05, 0) is 50.1 Å². The molecule has 0 saturated carbocycles. The van der Waals surface area contributed by atoms with Crippen LogP contribution >= 0.6 is 43.2 Å². The van der Waals surface area contributed by atoms with E-state index in [1.54, 1.807) is 4.57 Å². The number of halogens is 2. The van der Waals surface area contributed by atoms with Crippen LogP contribution in [0.3, 0.4) is 0 Å². The summed E-state index contributed by atoms with van der Waals surface area (Å²) in [6.45, 7) is 0. The molecule has 0 fully saturated rings. The normalized spacial score (nSPS) is 11.0. The molecule has 90 valence electrons. The highest BCUT2D eigenvalue weighted by molar-refractivity contribution is 9.11. The Labute approximate surface area is 124 Å². The maximum atomic E-state index is 12.4.